The van der Waals surface area contributed by atoms with Crippen molar-refractivity contribution in [2.45, 2.75) is 0 Å². The Kier molecular flexibility index (Phi) is 4.16. The molecule has 3 rings (SSSR count). The van der Waals surface area contributed by atoms with Gasteiger partial charge in [-0.2, -0.15) is 5.26 Å². The average molecular weight is 321 g/mol. The standard InChI is InChI=1S/C16H11N5O3/c17-7-10(15-20-11-3-1-2-4-12(11)21-15)14(22)9-24-16(23)13-8-18-5-6-19-13/h1-6,8,22H,9H2,(H,20,21)/b14-10-. The van der Waals surface area contributed by atoms with Gasteiger partial charge < -0.3 is 14.8 Å². The van der Waals surface area contributed by atoms with Gasteiger partial charge in [0.15, 0.2) is 17.3 Å². The molecule has 0 aliphatic heterocycles. The number of aliphatic hydroxyl groups is 1. The Bertz CT molecular complexity index is 924. The van der Waals surface area contributed by atoms with Crippen LogP contribution in [0.2, 0.25) is 0 Å². The Labute approximate surface area is 136 Å². The van der Waals surface area contributed by atoms with Gasteiger partial charge in [0.25, 0.3) is 0 Å². The maximum Gasteiger partial charge on any atom is 0.358 e. The average Bonchev–Trinajstić information content (AvgIpc) is 3.04. The van der Waals surface area contributed by atoms with E-state index in [1.165, 1.54) is 18.6 Å². The number of para-hydroxylation sites is 2. The van der Waals surface area contributed by atoms with Crippen LogP contribution in [0.25, 0.3) is 16.6 Å². The van der Waals surface area contributed by atoms with E-state index in [1.54, 1.807) is 12.1 Å². The number of benzene rings is 1. The molecule has 0 amide bonds. The lowest BCUT2D eigenvalue weighted by atomic mass is 10.2. The highest BCUT2D eigenvalue weighted by molar-refractivity contribution is 5.87. The summed E-state index contributed by atoms with van der Waals surface area (Å²) in [6.45, 7) is -0.477. The predicted octanol–water partition coefficient (Wildman–Crippen LogP) is 2.00. The highest BCUT2D eigenvalue weighted by Gasteiger charge is 2.16. The number of carbonyl (C=O) groups excluding carboxylic acids is 1. The minimum absolute atomic E-state index is 0.00699. The van der Waals surface area contributed by atoms with Crippen LogP contribution in [0, 0.1) is 11.3 Å². The first-order chi connectivity index (χ1) is 11.7. The number of hydrogen-bond donors (Lipinski definition) is 2. The summed E-state index contributed by atoms with van der Waals surface area (Å²) in [5.41, 5.74) is 1.29. The van der Waals surface area contributed by atoms with Gasteiger partial charge in [-0.05, 0) is 12.1 Å². The zero-order chi connectivity index (χ0) is 16.9. The summed E-state index contributed by atoms with van der Waals surface area (Å²) in [4.78, 5) is 26.5. The molecule has 0 saturated heterocycles. The van der Waals surface area contributed by atoms with E-state index in [-0.39, 0.29) is 17.1 Å². The van der Waals surface area contributed by atoms with Crippen molar-refractivity contribution in [1.82, 2.24) is 19.9 Å². The molecule has 8 heteroatoms. The van der Waals surface area contributed by atoms with Crippen molar-refractivity contribution >= 4 is 22.6 Å². The van der Waals surface area contributed by atoms with E-state index in [4.69, 9.17) is 4.74 Å². The summed E-state index contributed by atoms with van der Waals surface area (Å²) < 4.78 is 4.93. The van der Waals surface area contributed by atoms with Gasteiger partial charge >= 0.3 is 5.97 Å². The van der Waals surface area contributed by atoms with Gasteiger partial charge in [-0.3, -0.25) is 4.98 Å². The zero-order valence-corrected chi connectivity index (χ0v) is 12.3. The van der Waals surface area contributed by atoms with Crippen LogP contribution in [-0.2, 0) is 4.74 Å². The Morgan fingerprint density at radius 2 is 2.17 bits per heavy atom. The summed E-state index contributed by atoms with van der Waals surface area (Å²) in [7, 11) is 0. The van der Waals surface area contributed by atoms with Crippen molar-refractivity contribution in [2.75, 3.05) is 6.61 Å². The second-order valence-electron chi connectivity index (χ2n) is 4.70. The Morgan fingerprint density at radius 1 is 1.33 bits per heavy atom. The number of esters is 1. The highest BCUT2D eigenvalue weighted by Crippen LogP contribution is 2.18. The van der Waals surface area contributed by atoms with Crippen molar-refractivity contribution in [3.8, 4) is 6.07 Å². The number of carbonyl (C=O) groups is 1. The van der Waals surface area contributed by atoms with Crippen LogP contribution in [-0.4, -0.2) is 37.6 Å². The van der Waals surface area contributed by atoms with Crippen LogP contribution in [0.15, 0.2) is 48.6 Å². The van der Waals surface area contributed by atoms with Gasteiger partial charge in [-0.1, -0.05) is 12.1 Å². The fourth-order valence-electron chi connectivity index (χ4n) is 2.01. The number of H-pyrrole nitrogens is 1. The van der Waals surface area contributed by atoms with Gasteiger partial charge in [0.2, 0.25) is 0 Å². The maximum absolute atomic E-state index is 11.8. The lowest BCUT2D eigenvalue weighted by molar-refractivity contribution is 0.0495. The number of aromatic amines is 1. The number of nitrogens with one attached hydrogen (secondary N) is 1. The second kappa shape index (κ2) is 6.58. The molecule has 0 bridgehead atoms. The van der Waals surface area contributed by atoms with E-state index in [2.05, 4.69) is 19.9 Å². The highest BCUT2D eigenvalue weighted by atomic mass is 16.5. The number of aliphatic hydroxyl groups excluding tert-OH is 1. The van der Waals surface area contributed by atoms with Gasteiger partial charge in [0, 0.05) is 12.4 Å². The van der Waals surface area contributed by atoms with Crippen molar-refractivity contribution in [3.63, 3.8) is 0 Å². The van der Waals surface area contributed by atoms with Gasteiger partial charge in [-0.25, -0.2) is 14.8 Å². The molecule has 2 aromatic heterocycles. The molecule has 24 heavy (non-hydrogen) atoms. The predicted molar refractivity (Wildman–Crippen MR) is 83.6 cm³/mol. The molecule has 0 aliphatic rings. The lowest BCUT2D eigenvalue weighted by Crippen LogP contribution is -2.11. The number of allylic oxidation sites excluding steroid dienone is 1. The molecule has 2 heterocycles. The topological polar surface area (TPSA) is 125 Å². The first kappa shape index (κ1) is 15.2. The van der Waals surface area contributed by atoms with Gasteiger partial charge in [-0.15, -0.1) is 0 Å². The number of nitrogens with zero attached hydrogens (tertiary/aromatic N) is 4. The SMILES string of the molecule is N#C/C(=C(/O)COC(=O)c1cnccn1)c1nc2ccccc2[nH]1. The third-order valence-electron chi connectivity index (χ3n) is 3.14. The monoisotopic (exact) mass is 321 g/mol. The molecule has 118 valence electrons. The molecular weight excluding hydrogens is 310 g/mol. The number of imidazole rings is 1. The molecule has 2 N–H and O–H groups in total. The normalized spacial score (nSPS) is 11.6. The molecule has 0 atom stereocenters. The fraction of sp³-hybridized carbons (Fsp3) is 0.0625. The zero-order valence-electron chi connectivity index (χ0n) is 12.3. The Balaban J connectivity index is 1.80. The Hall–Kier alpha value is -3.73. The van der Waals surface area contributed by atoms with Crippen molar-refractivity contribution in [1.29, 1.82) is 5.26 Å². The molecule has 0 fully saturated rings. The molecule has 0 aliphatic carbocycles. The van der Waals surface area contributed by atoms with Crippen molar-refractivity contribution in [2.24, 2.45) is 0 Å². The van der Waals surface area contributed by atoms with Gasteiger partial charge in [0.05, 0.1) is 17.2 Å². The number of hydrogen-bond acceptors (Lipinski definition) is 7. The van der Waals surface area contributed by atoms with Crippen molar-refractivity contribution in [3.05, 3.63) is 60.1 Å². The van der Waals surface area contributed by atoms with Crippen LogP contribution in [0.3, 0.4) is 0 Å². The molecule has 0 saturated carbocycles. The fourth-order valence-corrected chi connectivity index (χ4v) is 2.01. The molecule has 0 spiro atoms. The molecule has 3 aromatic rings. The van der Waals surface area contributed by atoms with E-state index >= 15 is 0 Å². The van der Waals surface area contributed by atoms with Crippen LogP contribution in [0.5, 0.6) is 0 Å². The minimum Gasteiger partial charge on any atom is -0.507 e. The number of ether oxygens (including phenoxy) is 1. The third-order valence-corrected chi connectivity index (χ3v) is 3.14. The smallest absolute Gasteiger partial charge is 0.358 e. The lowest BCUT2D eigenvalue weighted by Gasteiger charge is -2.04. The number of fused-ring (bicyclic) bond motifs is 1. The molecule has 1 aromatic carbocycles. The summed E-state index contributed by atoms with van der Waals surface area (Å²) in [6.07, 6.45) is 4.01. The van der Waals surface area contributed by atoms with Gasteiger partial charge in [0.1, 0.15) is 18.2 Å². The van der Waals surface area contributed by atoms with E-state index in [1.807, 2.05) is 18.2 Å². The summed E-state index contributed by atoms with van der Waals surface area (Å²) >= 11 is 0. The molecule has 0 radical (unpaired) electrons. The molecular formula is C16H11N5O3. The Morgan fingerprint density at radius 3 is 2.88 bits per heavy atom. The molecule has 8 nitrogen and oxygen atoms in total. The van der Waals surface area contributed by atoms with Crippen molar-refractivity contribution < 1.29 is 14.6 Å². The second-order valence-corrected chi connectivity index (χ2v) is 4.70. The van der Waals surface area contributed by atoms with Crippen LogP contribution >= 0.6 is 0 Å². The van der Waals surface area contributed by atoms with Crippen LogP contribution in [0.1, 0.15) is 16.3 Å². The van der Waals surface area contributed by atoms with Crippen LogP contribution < -0.4 is 0 Å². The first-order valence-corrected chi connectivity index (χ1v) is 6.89. The number of rotatable bonds is 4. The van der Waals surface area contributed by atoms with E-state index in [0.29, 0.717) is 5.52 Å². The maximum atomic E-state index is 11.8. The minimum atomic E-state index is -0.753. The summed E-state index contributed by atoms with van der Waals surface area (Å²) in [5, 5.41) is 19.3. The van der Waals surface area contributed by atoms with E-state index in [0.717, 1.165) is 5.52 Å². The number of aromatic nitrogens is 4. The van der Waals surface area contributed by atoms with Crippen LogP contribution in [0.4, 0.5) is 0 Å². The first-order valence-electron chi connectivity index (χ1n) is 6.89. The van der Waals surface area contributed by atoms with E-state index in [9.17, 15) is 15.2 Å². The summed E-state index contributed by atoms with van der Waals surface area (Å²) in [6, 6.07) is 9.06. The summed E-state index contributed by atoms with van der Waals surface area (Å²) in [5.74, 6) is -0.961. The number of nitriles is 1. The largest absolute Gasteiger partial charge is 0.507 e. The quantitative estimate of drug-likeness (QED) is 0.427. The van der Waals surface area contributed by atoms with E-state index < -0.39 is 18.3 Å². The molecule has 0 unspecified atom stereocenters. The third kappa shape index (κ3) is 3.05.